The second-order valence-electron chi connectivity index (χ2n) is 5.05. The summed E-state index contributed by atoms with van der Waals surface area (Å²) in [4.78, 5) is 2.38. The van der Waals surface area contributed by atoms with Crippen LogP contribution in [0.4, 0.5) is 0 Å². The second kappa shape index (κ2) is 6.23. The normalized spacial score (nSPS) is 15.0. The minimum absolute atomic E-state index is 0.483. The number of rotatable bonds is 5. The van der Waals surface area contributed by atoms with Gasteiger partial charge in [0.05, 0.1) is 0 Å². The Morgan fingerprint density at radius 1 is 1.31 bits per heavy atom. The van der Waals surface area contributed by atoms with E-state index in [0.717, 1.165) is 3.92 Å². The summed E-state index contributed by atoms with van der Waals surface area (Å²) in [6, 6.07) is 0. The van der Waals surface area contributed by atoms with Crippen LogP contribution in [0.25, 0.3) is 0 Å². The molecule has 0 aliphatic rings. The summed E-state index contributed by atoms with van der Waals surface area (Å²) in [7, 11) is 2.19. The Kier molecular flexibility index (Phi) is 6.56. The van der Waals surface area contributed by atoms with E-state index in [-0.39, 0.29) is 0 Å². The molecule has 0 aliphatic heterocycles. The van der Waals surface area contributed by atoms with Gasteiger partial charge in [0, 0.05) is 3.92 Å². The third-order valence-corrected chi connectivity index (χ3v) is 3.26. The lowest BCUT2D eigenvalue weighted by molar-refractivity contribution is 0.321. The molecule has 0 aliphatic carbocycles. The molecular weight excluding hydrogens is 273 g/mol. The van der Waals surface area contributed by atoms with Crippen molar-refractivity contribution in [3.8, 4) is 0 Å². The van der Waals surface area contributed by atoms with Crippen LogP contribution in [0.3, 0.4) is 0 Å². The van der Waals surface area contributed by atoms with E-state index in [1.807, 2.05) is 0 Å². The molecule has 0 N–H and O–H groups in total. The summed E-state index contributed by atoms with van der Waals surface area (Å²) >= 11 is 2.59. The van der Waals surface area contributed by atoms with Gasteiger partial charge < -0.3 is 4.90 Å². The molecule has 0 spiro atoms. The van der Waals surface area contributed by atoms with Gasteiger partial charge in [-0.3, -0.25) is 0 Å². The maximum absolute atomic E-state index is 2.59. The van der Waals surface area contributed by atoms with Crippen molar-refractivity contribution in [1.82, 2.24) is 4.90 Å². The van der Waals surface area contributed by atoms with Crippen LogP contribution >= 0.6 is 22.6 Å². The molecule has 1 nitrogen and oxygen atoms in total. The zero-order valence-electron chi connectivity index (χ0n) is 9.73. The molecule has 0 aromatic carbocycles. The lowest BCUT2D eigenvalue weighted by Crippen LogP contribution is -2.23. The third-order valence-electron chi connectivity index (χ3n) is 2.20. The summed E-state index contributed by atoms with van der Waals surface area (Å²) in [6.07, 6.45) is 2.65. The van der Waals surface area contributed by atoms with Gasteiger partial charge in [-0.05, 0) is 38.4 Å². The Balaban J connectivity index is 3.57. The molecular formula is C11H24IN. The van der Waals surface area contributed by atoms with Crippen molar-refractivity contribution >= 4 is 22.6 Å². The van der Waals surface area contributed by atoms with Crippen LogP contribution in [0, 0.1) is 5.41 Å². The van der Waals surface area contributed by atoms with Crippen molar-refractivity contribution < 1.29 is 0 Å². The van der Waals surface area contributed by atoms with Gasteiger partial charge in [-0.15, -0.1) is 0 Å². The molecule has 13 heavy (non-hydrogen) atoms. The molecule has 0 amide bonds. The molecule has 0 saturated heterocycles. The Hall–Kier alpha value is 0.690. The van der Waals surface area contributed by atoms with Crippen LogP contribution < -0.4 is 0 Å². The monoisotopic (exact) mass is 297 g/mol. The van der Waals surface area contributed by atoms with Gasteiger partial charge in [0.1, 0.15) is 0 Å². The van der Waals surface area contributed by atoms with Crippen LogP contribution in [-0.4, -0.2) is 29.0 Å². The molecule has 0 radical (unpaired) electrons. The van der Waals surface area contributed by atoms with E-state index in [4.69, 9.17) is 0 Å². The standard InChI is InChI=1S/C11H24IN/c1-6-13(5)8-7-10(12)9-11(2,3)4/h10H,6-9H2,1-5H3. The van der Waals surface area contributed by atoms with Crippen LogP contribution in [0.2, 0.25) is 0 Å². The highest BCUT2D eigenvalue weighted by Crippen LogP contribution is 2.26. The van der Waals surface area contributed by atoms with E-state index >= 15 is 0 Å². The number of nitrogens with zero attached hydrogens (tertiary/aromatic N) is 1. The molecule has 0 bridgehead atoms. The van der Waals surface area contributed by atoms with Gasteiger partial charge in [0.2, 0.25) is 0 Å². The lowest BCUT2D eigenvalue weighted by Gasteiger charge is -2.23. The van der Waals surface area contributed by atoms with Gasteiger partial charge in [-0.25, -0.2) is 0 Å². The van der Waals surface area contributed by atoms with Crippen molar-refractivity contribution in [2.75, 3.05) is 20.1 Å². The largest absolute Gasteiger partial charge is 0.307 e. The second-order valence-corrected chi connectivity index (χ2v) is 6.81. The van der Waals surface area contributed by atoms with Gasteiger partial charge in [-0.1, -0.05) is 50.3 Å². The highest BCUT2D eigenvalue weighted by Gasteiger charge is 2.16. The Morgan fingerprint density at radius 2 is 1.85 bits per heavy atom. The minimum Gasteiger partial charge on any atom is -0.307 e. The highest BCUT2D eigenvalue weighted by molar-refractivity contribution is 14.1. The molecule has 0 saturated carbocycles. The number of hydrogen-bond acceptors (Lipinski definition) is 1. The summed E-state index contributed by atoms with van der Waals surface area (Å²) in [5.74, 6) is 0. The zero-order chi connectivity index (χ0) is 10.5. The number of alkyl halides is 1. The van der Waals surface area contributed by atoms with Crippen LogP contribution in [-0.2, 0) is 0 Å². The minimum atomic E-state index is 0.483. The first kappa shape index (κ1) is 13.7. The fourth-order valence-corrected chi connectivity index (χ4v) is 2.88. The fraction of sp³-hybridized carbons (Fsp3) is 1.00. The number of halogens is 1. The van der Waals surface area contributed by atoms with Crippen molar-refractivity contribution in [2.45, 2.75) is 44.5 Å². The molecule has 0 fully saturated rings. The van der Waals surface area contributed by atoms with Gasteiger partial charge in [0.25, 0.3) is 0 Å². The van der Waals surface area contributed by atoms with Crippen LogP contribution in [0.15, 0.2) is 0 Å². The zero-order valence-corrected chi connectivity index (χ0v) is 11.9. The van der Waals surface area contributed by atoms with Crippen LogP contribution in [0.5, 0.6) is 0 Å². The summed E-state index contributed by atoms with van der Waals surface area (Å²) in [5.41, 5.74) is 0.483. The van der Waals surface area contributed by atoms with E-state index in [2.05, 4.69) is 62.2 Å². The molecule has 0 aromatic heterocycles. The van der Waals surface area contributed by atoms with Crippen molar-refractivity contribution in [2.24, 2.45) is 5.41 Å². The molecule has 0 rings (SSSR count). The highest BCUT2D eigenvalue weighted by atomic mass is 127. The first-order valence-corrected chi connectivity index (χ1v) is 6.42. The Bertz CT molecular complexity index is 129. The van der Waals surface area contributed by atoms with E-state index < -0.39 is 0 Å². The summed E-state index contributed by atoms with van der Waals surface area (Å²) < 4.78 is 0.826. The quantitative estimate of drug-likeness (QED) is 0.554. The summed E-state index contributed by atoms with van der Waals surface area (Å²) in [5, 5.41) is 0. The molecule has 0 aromatic rings. The maximum Gasteiger partial charge on any atom is 0.0127 e. The van der Waals surface area contributed by atoms with Crippen molar-refractivity contribution in [3.63, 3.8) is 0 Å². The molecule has 2 heteroatoms. The average molecular weight is 297 g/mol. The predicted octanol–water partition coefficient (Wildman–Crippen LogP) is 3.57. The Morgan fingerprint density at radius 3 is 2.23 bits per heavy atom. The van der Waals surface area contributed by atoms with E-state index in [9.17, 15) is 0 Å². The lowest BCUT2D eigenvalue weighted by atomic mass is 9.90. The fourth-order valence-electron chi connectivity index (χ4n) is 1.29. The molecule has 0 heterocycles. The van der Waals surface area contributed by atoms with Crippen LogP contribution in [0.1, 0.15) is 40.5 Å². The van der Waals surface area contributed by atoms with Crippen molar-refractivity contribution in [3.05, 3.63) is 0 Å². The van der Waals surface area contributed by atoms with E-state index in [1.165, 1.54) is 25.9 Å². The van der Waals surface area contributed by atoms with Gasteiger partial charge >= 0.3 is 0 Å². The van der Waals surface area contributed by atoms with E-state index in [1.54, 1.807) is 0 Å². The first-order valence-electron chi connectivity index (χ1n) is 5.18. The van der Waals surface area contributed by atoms with Crippen molar-refractivity contribution in [1.29, 1.82) is 0 Å². The predicted molar refractivity (Wildman–Crippen MR) is 69.7 cm³/mol. The number of hydrogen-bond donors (Lipinski definition) is 0. The third kappa shape index (κ3) is 9.01. The molecule has 1 atom stereocenters. The van der Waals surface area contributed by atoms with Gasteiger partial charge in [0.15, 0.2) is 0 Å². The molecule has 1 unspecified atom stereocenters. The van der Waals surface area contributed by atoms with E-state index in [0.29, 0.717) is 5.41 Å². The SMILES string of the molecule is CCN(C)CCC(I)CC(C)(C)C. The molecule has 80 valence electrons. The summed E-state index contributed by atoms with van der Waals surface area (Å²) in [6.45, 7) is 11.6. The smallest absolute Gasteiger partial charge is 0.0127 e. The topological polar surface area (TPSA) is 3.24 Å². The maximum atomic E-state index is 2.59. The Labute approximate surface area is 97.4 Å². The first-order chi connectivity index (χ1) is 5.85. The average Bonchev–Trinajstić information content (AvgIpc) is 1.97. The van der Waals surface area contributed by atoms with Gasteiger partial charge in [-0.2, -0.15) is 0 Å².